The average molecular weight is 378 g/mol. The largest absolute Gasteiger partial charge is 0.504 e. The maximum atomic E-state index is 12.7. The van der Waals surface area contributed by atoms with E-state index in [0.717, 1.165) is 6.42 Å². The SMILES string of the molecule is CCCCOc1c(O)c(O)c2c(c1O)C(=O)N(C1CCC(=O)NC1=O)C2=O. The quantitative estimate of drug-likeness (QED) is 0.248. The number of nitrogens with zero attached hydrogens (tertiary/aromatic N) is 1. The number of carbonyl (C=O) groups excluding carboxylic acids is 4. The second-order valence-electron chi connectivity index (χ2n) is 6.27. The van der Waals surface area contributed by atoms with Gasteiger partial charge in [0.2, 0.25) is 23.3 Å². The van der Waals surface area contributed by atoms with Crippen LogP contribution in [-0.4, -0.2) is 56.5 Å². The van der Waals surface area contributed by atoms with Crippen LogP contribution >= 0.6 is 0 Å². The van der Waals surface area contributed by atoms with Crippen LogP contribution in [0.3, 0.4) is 0 Å². The summed E-state index contributed by atoms with van der Waals surface area (Å²) < 4.78 is 5.25. The Morgan fingerprint density at radius 1 is 1.04 bits per heavy atom. The minimum absolute atomic E-state index is 0.0710. The zero-order valence-electron chi connectivity index (χ0n) is 14.4. The van der Waals surface area contributed by atoms with Crippen LogP contribution in [0.2, 0.25) is 0 Å². The van der Waals surface area contributed by atoms with Gasteiger partial charge in [0.05, 0.1) is 6.61 Å². The highest BCUT2D eigenvalue weighted by molar-refractivity contribution is 6.26. The lowest BCUT2D eigenvalue weighted by Crippen LogP contribution is -2.54. The van der Waals surface area contributed by atoms with Gasteiger partial charge < -0.3 is 20.1 Å². The Hall–Kier alpha value is -3.30. The molecule has 0 spiro atoms. The molecule has 1 atom stereocenters. The number of unbranched alkanes of at least 4 members (excludes halogenated alkanes) is 1. The Labute approximate surface area is 153 Å². The minimum atomic E-state index is -1.26. The van der Waals surface area contributed by atoms with Crippen molar-refractivity contribution in [3.8, 4) is 23.0 Å². The number of fused-ring (bicyclic) bond motifs is 1. The van der Waals surface area contributed by atoms with E-state index < -0.39 is 63.8 Å². The van der Waals surface area contributed by atoms with Gasteiger partial charge in [-0.15, -0.1) is 0 Å². The lowest BCUT2D eigenvalue weighted by molar-refractivity contribution is -0.136. The Kier molecular flexibility index (Phi) is 4.64. The maximum Gasteiger partial charge on any atom is 0.266 e. The number of amides is 4. The molecule has 1 fully saturated rings. The first-order valence-electron chi connectivity index (χ1n) is 8.44. The molecule has 1 saturated heterocycles. The number of phenolic OH excluding ortho intramolecular Hbond substituents is 3. The van der Waals surface area contributed by atoms with Gasteiger partial charge in [0.1, 0.15) is 17.2 Å². The molecular weight excluding hydrogens is 360 g/mol. The average Bonchev–Trinajstić information content (AvgIpc) is 2.87. The predicted octanol–water partition coefficient (Wildman–Crippen LogP) is 0.383. The van der Waals surface area contributed by atoms with E-state index >= 15 is 0 Å². The number of imide groups is 2. The summed E-state index contributed by atoms with van der Waals surface area (Å²) in [6.45, 7) is 2.00. The molecule has 0 aromatic heterocycles. The zero-order chi connectivity index (χ0) is 19.9. The molecule has 10 heteroatoms. The van der Waals surface area contributed by atoms with Crippen LogP contribution in [0.4, 0.5) is 0 Å². The number of hydrogen-bond donors (Lipinski definition) is 4. The van der Waals surface area contributed by atoms with Crippen LogP contribution in [-0.2, 0) is 9.59 Å². The molecule has 10 nitrogen and oxygen atoms in total. The predicted molar refractivity (Wildman–Crippen MR) is 88.5 cm³/mol. The fraction of sp³-hybridized carbons (Fsp3) is 0.412. The Morgan fingerprint density at radius 3 is 2.26 bits per heavy atom. The molecule has 1 aromatic carbocycles. The van der Waals surface area contributed by atoms with Crippen LogP contribution in [0.15, 0.2) is 0 Å². The van der Waals surface area contributed by atoms with Crippen molar-refractivity contribution < 1.29 is 39.2 Å². The summed E-state index contributed by atoms with van der Waals surface area (Å²) in [5.41, 5.74) is -1.16. The normalized spacial score (nSPS) is 19.3. The highest BCUT2D eigenvalue weighted by Crippen LogP contribution is 2.51. The number of piperidine rings is 1. The number of aromatic hydroxyl groups is 3. The number of ether oxygens (including phenoxy) is 1. The molecule has 27 heavy (non-hydrogen) atoms. The first-order chi connectivity index (χ1) is 12.8. The van der Waals surface area contributed by atoms with Crippen molar-refractivity contribution in [2.24, 2.45) is 0 Å². The molecule has 0 aliphatic carbocycles. The van der Waals surface area contributed by atoms with Crippen molar-refractivity contribution in [1.82, 2.24) is 10.2 Å². The minimum Gasteiger partial charge on any atom is -0.504 e. The maximum absolute atomic E-state index is 12.7. The van der Waals surface area contributed by atoms with E-state index in [1.54, 1.807) is 0 Å². The third-order valence-corrected chi connectivity index (χ3v) is 4.51. The molecule has 144 valence electrons. The van der Waals surface area contributed by atoms with E-state index in [1.807, 2.05) is 12.2 Å². The van der Waals surface area contributed by atoms with Gasteiger partial charge in [-0.1, -0.05) is 13.3 Å². The fourth-order valence-electron chi connectivity index (χ4n) is 3.10. The highest BCUT2D eigenvalue weighted by Gasteiger charge is 2.49. The van der Waals surface area contributed by atoms with E-state index in [9.17, 15) is 34.5 Å². The number of phenols is 3. The molecule has 4 amide bonds. The lowest BCUT2D eigenvalue weighted by atomic mass is 10.0. The van der Waals surface area contributed by atoms with Crippen molar-refractivity contribution >= 4 is 23.6 Å². The van der Waals surface area contributed by atoms with Gasteiger partial charge in [-0.25, -0.2) is 0 Å². The number of hydrogen-bond acceptors (Lipinski definition) is 8. The van der Waals surface area contributed by atoms with E-state index in [0.29, 0.717) is 11.3 Å². The second kappa shape index (κ2) is 6.78. The molecule has 2 heterocycles. The van der Waals surface area contributed by atoms with Crippen molar-refractivity contribution in [2.45, 2.75) is 38.6 Å². The van der Waals surface area contributed by atoms with E-state index in [1.165, 1.54) is 0 Å². The van der Waals surface area contributed by atoms with Gasteiger partial charge in [0.25, 0.3) is 11.8 Å². The first-order valence-corrected chi connectivity index (χ1v) is 8.44. The first kappa shape index (κ1) is 18.5. The monoisotopic (exact) mass is 378 g/mol. The highest BCUT2D eigenvalue weighted by atomic mass is 16.5. The number of rotatable bonds is 5. The molecule has 1 unspecified atom stereocenters. The number of carbonyl (C=O) groups is 4. The summed E-state index contributed by atoms with van der Waals surface area (Å²) in [5.74, 6) is -6.50. The molecule has 2 aliphatic rings. The third kappa shape index (κ3) is 2.82. The summed E-state index contributed by atoms with van der Waals surface area (Å²) in [6.07, 6.45) is 1.20. The summed E-state index contributed by atoms with van der Waals surface area (Å²) in [6, 6.07) is -1.26. The molecule has 0 bridgehead atoms. The molecule has 1 aromatic rings. The Bertz CT molecular complexity index is 863. The van der Waals surface area contributed by atoms with Gasteiger partial charge in [-0.2, -0.15) is 0 Å². The summed E-state index contributed by atoms with van der Waals surface area (Å²) in [4.78, 5) is 49.3. The fourth-order valence-corrected chi connectivity index (χ4v) is 3.10. The zero-order valence-corrected chi connectivity index (χ0v) is 14.4. The Balaban J connectivity index is 2.03. The van der Waals surface area contributed by atoms with Crippen LogP contribution in [0.1, 0.15) is 53.3 Å². The van der Waals surface area contributed by atoms with Crippen LogP contribution in [0.5, 0.6) is 23.0 Å². The van der Waals surface area contributed by atoms with Crippen molar-refractivity contribution in [1.29, 1.82) is 0 Å². The van der Waals surface area contributed by atoms with Crippen molar-refractivity contribution in [3.63, 3.8) is 0 Å². The van der Waals surface area contributed by atoms with Crippen molar-refractivity contribution in [3.05, 3.63) is 11.1 Å². The summed E-state index contributed by atoms with van der Waals surface area (Å²) in [7, 11) is 0. The molecule has 4 N–H and O–H groups in total. The van der Waals surface area contributed by atoms with Gasteiger partial charge in [-0.3, -0.25) is 29.4 Å². The molecule has 0 saturated carbocycles. The number of benzene rings is 1. The van der Waals surface area contributed by atoms with E-state index in [4.69, 9.17) is 4.74 Å². The topological polar surface area (TPSA) is 153 Å². The van der Waals surface area contributed by atoms with Gasteiger partial charge in [-0.05, 0) is 12.8 Å². The van der Waals surface area contributed by atoms with Gasteiger partial charge in [0.15, 0.2) is 11.5 Å². The van der Waals surface area contributed by atoms with Gasteiger partial charge >= 0.3 is 0 Å². The summed E-state index contributed by atoms with van der Waals surface area (Å²) >= 11 is 0. The van der Waals surface area contributed by atoms with Crippen LogP contribution < -0.4 is 10.1 Å². The van der Waals surface area contributed by atoms with Crippen LogP contribution in [0.25, 0.3) is 0 Å². The van der Waals surface area contributed by atoms with E-state index in [-0.39, 0.29) is 19.4 Å². The van der Waals surface area contributed by atoms with E-state index in [2.05, 4.69) is 0 Å². The molecule has 3 rings (SSSR count). The molecule has 2 aliphatic heterocycles. The molecular formula is C17H18N2O8. The smallest absolute Gasteiger partial charge is 0.266 e. The lowest BCUT2D eigenvalue weighted by Gasteiger charge is -2.27. The Morgan fingerprint density at radius 2 is 1.67 bits per heavy atom. The molecule has 0 radical (unpaired) electrons. The third-order valence-electron chi connectivity index (χ3n) is 4.51. The van der Waals surface area contributed by atoms with Crippen LogP contribution in [0, 0.1) is 0 Å². The number of nitrogens with one attached hydrogen (secondary N) is 1. The van der Waals surface area contributed by atoms with Gasteiger partial charge in [0, 0.05) is 6.42 Å². The van der Waals surface area contributed by atoms with Crippen molar-refractivity contribution in [2.75, 3.05) is 6.61 Å². The standard InChI is InChI=1S/C17H18N2O8/c1-2-3-6-27-14-12(22)10-9(11(21)13(14)23)16(25)19(17(10)26)7-4-5-8(20)18-15(7)24/h7,21-23H,2-6H2,1H3,(H,18,20,24). The summed E-state index contributed by atoms with van der Waals surface area (Å²) in [5, 5.41) is 32.7. The second-order valence-corrected chi connectivity index (χ2v) is 6.27.